The molecule has 0 atom stereocenters. The molecular weight excluding hydrogens is 270 g/mol. The van der Waals surface area contributed by atoms with Crippen LogP contribution in [0.4, 0.5) is 5.82 Å². The minimum Gasteiger partial charge on any atom is -0.464 e. The molecule has 1 amide bonds. The zero-order chi connectivity index (χ0) is 15.0. The number of rotatable bonds is 3. The fourth-order valence-electron chi connectivity index (χ4n) is 3.13. The van der Waals surface area contributed by atoms with E-state index in [4.69, 9.17) is 4.74 Å². The van der Waals surface area contributed by atoms with E-state index in [1.807, 2.05) is 7.05 Å². The van der Waals surface area contributed by atoms with Gasteiger partial charge in [0.1, 0.15) is 5.82 Å². The molecule has 0 unspecified atom stereocenters. The van der Waals surface area contributed by atoms with Crippen molar-refractivity contribution in [2.75, 3.05) is 19.1 Å². The number of esters is 1. The monoisotopic (exact) mass is 289 g/mol. The number of nitrogens with zero attached hydrogens (tertiary/aromatic N) is 2. The Labute approximate surface area is 123 Å². The Morgan fingerprint density at radius 2 is 2.14 bits per heavy atom. The van der Waals surface area contributed by atoms with Gasteiger partial charge in [0, 0.05) is 25.2 Å². The molecule has 1 N–H and O–H groups in total. The molecule has 1 aliphatic carbocycles. The number of anilines is 1. The first-order chi connectivity index (χ1) is 10.1. The molecule has 21 heavy (non-hydrogen) atoms. The van der Waals surface area contributed by atoms with Crippen LogP contribution in [-0.4, -0.2) is 37.1 Å². The third-order valence-electron chi connectivity index (χ3n) is 4.39. The predicted octanol–water partition coefficient (Wildman–Crippen LogP) is 1.49. The van der Waals surface area contributed by atoms with Gasteiger partial charge in [0.2, 0.25) is 0 Å². The summed E-state index contributed by atoms with van der Waals surface area (Å²) >= 11 is 0. The average Bonchev–Trinajstić information content (AvgIpc) is 3.15. The molecule has 2 aliphatic rings. The van der Waals surface area contributed by atoms with Crippen molar-refractivity contribution >= 4 is 17.7 Å². The van der Waals surface area contributed by atoms with E-state index in [0.29, 0.717) is 29.5 Å². The van der Waals surface area contributed by atoms with E-state index in [1.165, 1.54) is 20.0 Å². The van der Waals surface area contributed by atoms with E-state index < -0.39 is 5.97 Å². The fraction of sp³-hybridized carbons (Fsp3) is 0.533. The van der Waals surface area contributed by atoms with E-state index in [9.17, 15) is 9.59 Å². The maximum absolute atomic E-state index is 11.9. The molecule has 1 fully saturated rings. The van der Waals surface area contributed by atoms with Gasteiger partial charge in [-0.2, -0.15) is 0 Å². The second-order valence-electron chi connectivity index (χ2n) is 5.58. The minimum absolute atomic E-state index is 0.154. The standard InChI is InChI=1S/C15H19N3O3/c1-18(9-5-3-4-6-9)12-7-10-11(8-16-14(10)19)13(17-12)15(20)21-2/h7,9H,3-6,8H2,1-2H3,(H,16,19). The third-order valence-corrected chi connectivity index (χ3v) is 4.39. The number of fused-ring (bicyclic) bond motifs is 1. The van der Waals surface area contributed by atoms with Gasteiger partial charge in [-0.1, -0.05) is 12.8 Å². The number of carbonyl (C=O) groups excluding carboxylic acids is 2. The fourth-order valence-corrected chi connectivity index (χ4v) is 3.13. The lowest BCUT2D eigenvalue weighted by Crippen LogP contribution is -2.30. The highest BCUT2D eigenvalue weighted by molar-refractivity contribution is 6.03. The number of aromatic nitrogens is 1. The first kappa shape index (κ1) is 13.9. The SMILES string of the molecule is COC(=O)c1nc(N(C)C2CCCC2)cc2c1CNC2=O. The van der Waals surface area contributed by atoms with Crippen molar-refractivity contribution < 1.29 is 14.3 Å². The Kier molecular flexibility index (Phi) is 3.53. The number of pyridine rings is 1. The number of hydrogen-bond acceptors (Lipinski definition) is 5. The summed E-state index contributed by atoms with van der Waals surface area (Å²) < 4.78 is 4.80. The van der Waals surface area contributed by atoms with Crippen LogP contribution >= 0.6 is 0 Å². The van der Waals surface area contributed by atoms with Crippen LogP contribution in [0.25, 0.3) is 0 Å². The van der Waals surface area contributed by atoms with Crippen LogP contribution in [0.1, 0.15) is 52.1 Å². The maximum atomic E-state index is 11.9. The maximum Gasteiger partial charge on any atom is 0.357 e. The van der Waals surface area contributed by atoms with Crippen molar-refractivity contribution in [1.29, 1.82) is 0 Å². The van der Waals surface area contributed by atoms with Crippen molar-refractivity contribution in [2.24, 2.45) is 0 Å². The van der Waals surface area contributed by atoms with Crippen molar-refractivity contribution in [3.63, 3.8) is 0 Å². The van der Waals surface area contributed by atoms with Gasteiger partial charge in [-0.05, 0) is 18.9 Å². The van der Waals surface area contributed by atoms with Gasteiger partial charge in [-0.3, -0.25) is 4.79 Å². The molecule has 6 heteroatoms. The van der Waals surface area contributed by atoms with Gasteiger partial charge >= 0.3 is 5.97 Å². The summed E-state index contributed by atoms with van der Waals surface area (Å²) in [6.45, 7) is 0.332. The topological polar surface area (TPSA) is 71.5 Å². The van der Waals surface area contributed by atoms with Gasteiger partial charge in [0.15, 0.2) is 5.69 Å². The summed E-state index contributed by atoms with van der Waals surface area (Å²) in [7, 11) is 3.30. The van der Waals surface area contributed by atoms with E-state index in [0.717, 1.165) is 12.8 Å². The summed E-state index contributed by atoms with van der Waals surface area (Å²) in [6, 6.07) is 2.20. The molecular formula is C15H19N3O3. The van der Waals surface area contributed by atoms with E-state index >= 15 is 0 Å². The number of methoxy groups -OCH3 is 1. The average molecular weight is 289 g/mol. The van der Waals surface area contributed by atoms with Crippen LogP contribution in [-0.2, 0) is 11.3 Å². The van der Waals surface area contributed by atoms with Gasteiger partial charge < -0.3 is 15.0 Å². The molecule has 0 radical (unpaired) electrons. The molecule has 3 rings (SSSR count). The molecule has 1 aromatic rings. The smallest absolute Gasteiger partial charge is 0.357 e. The van der Waals surface area contributed by atoms with Crippen molar-refractivity contribution in [2.45, 2.75) is 38.3 Å². The minimum atomic E-state index is -0.496. The highest BCUT2D eigenvalue weighted by atomic mass is 16.5. The lowest BCUT2D eigenvalue weighted by atomic mass is 10.1. The zero-order valence-electron chi connectivity index (χ0n) is 12.3. The molecule has 6 nitrogen and oxygen atoms in total. The summed E-state index contributed by atoms with van der Waals surface area (Å²) in [6.07, 6.45) is 4.67. The van der Waals surface area contributed by atoms with Crippen LogP contribution in [0.2, 0.25) is 0 Å². The molecule has 1 aromatic heterocycles. The Hall–Kier alpha value is -2.11. The number of nitrogens with one attached hydrogen (secondary N) is 1. The highest BCUT2D eigenvalue weighted by Gasteiger charge is 2.30. The largest absolute Gasteiger partial charge is 0.464 e. The lowest BCUT2D eigenvalue weighted by molar-refractivity contribution is 0.0592. The van der Waals surface area contributed by atoms with Crippen molar-refractivity contribution in [3.05, 3.63) is 22.9 Å². The van der Waals surface area contributed by atoms with E-state index in [2.05, 4.69) is 15.2 Å². The third kappa shape index (κ3) is 2.34. The second kappa shape index (κ2) is 5.35. The zero-order valence-corrected chi connectivity index (χ0v) is 12.3. The first-order valence-corrected chi connectivity index (χ1v) is 7.25. The molecule has 0 spiro atoms. The predicted molar refractivity (Wildman–Crippen MR) is 77.4 cm³/mol. The van der Waals surface area contributed by atoms with Crippen molar-refractivity contribution in [3.8, 4) is 0 Å². The van der Waals surface area contributed by atoms with Crippen LogP contribution in [0.5, 0.6) is 0 Å². The van der Waals surface area contributed by atoms with Crippen LogP contribution in [0.15, 0.2) is 6.07 Å². The molecule has 1 aliphatic heterocycles. The highest BCUT2D eigenvalue weighted by Crippen LogP contribution is 2.29. The first-order valence-electron chi connectivity index (χ1n) is 7.25. The molecule has 0 bridgehead atoms. The lowest BCUT2D eigenvalue weighted by Gasteiger charge is -2.26. The Bertz CT molecular complexity index is 594. The number of amides is 1. The molecule has 0 saturated heterocycles. The van der Waals surface area contributed by atoms with Crippen LogP contribution in [0, 0.1) is 0 Å². The number of ether oxygens (including phenoxy) is 1. The molecule has 112 valence electrons. The summed E-state index contributed by atoms with van der Waals surface area (Å²) in [5, 5.41) is 2.73. The Balaban J connectivity index is 2.03. The van der Waals surface area contributed by atoms with Gasteiger partial charge in [0.25, 0.3) is 5.91 Å². The molecule has 1 saturated carbocycles. The normalized spacial score (nSPS) is 17.5. The molecule has 0 aromatic carbocycles. The van der Waals surface area contributed by atoms with Gasteiger partial charge in [-0.25, -0.2) is 9.78 Å². The van der Waals surface area contributed by atoms with E-state index in [1.54, 1.807) is 6.07 Å². The quantitative estimate of drug-likeness (QED) is 0.854. The number of carbonyl (C=O) groups is 2. The van der Waals surface area contributed by atoms with Gasteiger partial charge in [-0.15, -0.1) is 0 Å². The summed E-state index contributed by atoms with van der Waals surface area (Å²) in [5.41, 5.74) is 1.41. The summed E-state index contributed by atoms with van der Waals surface area (Å²) in [4.78, 5) is 30.4. The van der Waals surface area contributed by atoms with Crippen LogP contribution in [0.3, 0.4) is 0 Å². The van der Waals surface area contributed by atoms with E-state index in [-0.39, 0.29) is 11.6 Å². The second-order valence-corrected chi connectivity index (χ2v) is 5.58. The number of hydrogen-bond donors (Lipinski definition) is 1. The summed E-state index contributed by atoms with van der Waals surface area (Å²) in [5.74, 6) is 0.0150. The Morgan fingerprint density at radius 1 is 1.43 bits per heavy atom. The van der Waals surface area contributed by atoms with Crippen LogP contribution < -0.4 is 10.2 Å². The molecule has 2 heterocycles. The van der Waals surface area contributed by atoms with Crippen molar-refractivity contribution in [1.82, 2.24) is 10.3 Å². The Morgan fingerprint density at radius 3 is 2.81 bits per heavy atom. The van der Waals surface area contributed by atoms with Gasteiger partial charge in [0.05, 0.1) is 12.7 Å².